The van der Waals surface area contributed by atoms with Crippen molar-refractivity contribution in [2.45, 2.75) is 19.6 Å². The molecule has 0 aliphatic carbocycles. The van der Waals surface area contributed by atoms with Gasteiger partial charge in [0.15, 0.2) is 0 Å². The number of carbonyl (C=O) groups is 1. The molecule has 1 aromatic carbocycles. The summed E-state index contributed by atoms with van der Waals surface area (Å²) in [6.07, 6.45) is 3.56. The van der Waals surface area contributed by atoms with Gasteiger partial charge in [-0.1, -0.05) is 30.3 Å². The normalized spacial score (nSPS) is 18.7. The lowest BCUT2D eigenvalue weighted by Gasteiger charge is -2.30. The van der Waals surface area contributed by atoms with Gasteiger partial charge in [-0.15, -0.1) is 0 Å². The summed E-state index contributed by atoms with van der Waals surface area (Å²) in [5.74, 6) is 0.0319. The maximum atomic E-state index is 12.4. The van der Waals surface area contributed by atoms with Crippen LogP contribution in [0.15, 0.2) is 42.7 Å². The van der Waals surface area contributed by atoms with E-state index in [4.69, 9.17) is 4.74 Å². The minimum absolute atomic E-state index is 0.0319. The van der Waals surface area contributed by atoms with Crippen molar-refractivity contribution in [3.8, 4) is 0 Å². The van der Waals surface area contributed by atoms with Crippen molar-refractivity contribution in [3.63, 3.8) is 0 Å². The standard InChI is InChI=1S/C16H19N3O2/c1-13-10-18(7-8-21-13)16(20)15-9-17-19(12-15)11-14-5-3-2-4-6-14/h2-6,9,12-13H,7-8,10-11H2,1H3. The van der Waals surface area contributed by atoms with Crippen LogP contribution in [-0.4, -0.2) is 46.4 Å². The average molecular weight is 285 g/mol. The number of rotatable bonds is 3. The molecule has 0 N–H and O–H groups in total. The number of benzene rings is 1. The van der Waals surface area contributed by atoms with E-state index in [1.807, 2.05) is 48.4 Å². The van der Waals surface area contributed by atoms with Crippen molar-refractivity contribution >= 4 is 5.91 Å². The third-order valence-corrected chi connectivity index (χ3v) is 3.60. The molecule has 1 atom stereocenters. The fourth-order valence-corrected chi connectivity index (χ4v) is 2.52. The lowest BCUT2D eigenvalue weighted by atomic mass is 10.2. The molecule has 2 aromatic rings. The number of ether oxygens (including phenoxy) is 1. The van der Waals surface area contributed by atoms with Gasteiger partial charge in [-0.05, 0) is 12.5 Å². The second-order valence-corrected chi connectivity index (χ2v) is 5.34. The van der Waals surface area contributed by atoms with Crippen LogP contribution in [0.4, 0.5) is 0 Å². The second-order valence-electron chi connectivity index (χ2n) is 5.34. The molecule has 1 aliphatic heterocycles. The molecule has 21 heavy (non-hydrogen) atoms. The number of aromatic nitrogens is 2. The van der Waals surface area contributed by atoms with Gasteiger partial charge in [0.1, 0.15) is 0 Å². The first-order valence-corrected chi connectivity index (χ1v) is 7.19. The number of amides is 1. The minimum atomic E-state index is 0.0319. The Balaban J connectivity index is 1.68. The van der Waals surface area contributed by atoms with Crippen LogP contribution in [0.2, 0.25) is 0 Å². The quantitative estimate of drug-likeness (QED) is 0.864. The first-order valence-electron chi connectivity index (χ1n) is 7.19. The van der Waals surface area contributed by atoms with Crippen LogP contribution in [0.3, 0.4) is 0 Å². The summed E-state index contributed by atoms with van der Waals surface area (Å²) < 4.78 is 7.26. The Morgan fingerprint density at radius 1 is 1.38 bits per heavy atom. The summed E-state index contributed by atoms with van der Waals surface area (Å²) in [5.41, 5.74) is 1.81. The van der Waals surface area contributed by atoms with E-state index in [1.54, 1.807) is 10.9 Å². The highest BCUT2D eigenvalue weighted by molar-refractivity contribution is 5.93. The first kappa shape index (κ1) is 13.8. The van der Waals surface area contributed by atoms with Gasteiger partial charge in [-0.2, -0.15) is 5.10 Å². The second kappa shape index (κ2) is 6.10. The summed E-state index contributed by atoms with van der Waals surface area (Å²) in [6.45, 7) is 4.55. The zero-order valence-electron chi connectivity index (χ0n) is 12.1. The van der Waals surface area contributed by atoms with Crippen molar-refractivity contribution in [2.75, 3.05) is 19.7 Å². The van der Waals surface area contributed by atoms with Crippen LogP contribution in [0, 0.1) is 0 Å². The van der Waals surface area contributed by atoms with Crippen LogP contribution in [0.5, 0.6) is 0 Å². The molecule has 5 heteroatoms. The minimum Gasteiger partial charge on any atom is -0.375 e. The SMILES string of the molecule is CC1CN(C(=O)c2cnn(Cc3ccccc3)c2)CCO1. The van der Waals surface area contributed by atoms with E-state index in [0.717, 1.165) is 0 Å². The summed E-state index contributed by atoms with van der Waals surface area (Å²) >= 11 is 0. The maximum absolute atomic E-state index is 12.4. The molecular formula is C16H19N3O2. The number of morpholine rings is 1. The van der Waals surface area contributed by atoms with Gasteiger partial charge in [0.25, 0.3) is 5.91 Å². The van der Waals surface area contributed by atoms with E-state index in [2.05, 4.69) is 5.10 Å². The van der Waals surface area contributed by atoms with Crippen LogP contribution in [-0.2, 0) is 11.3 Å². The lowest BCUT2D eigenvalue weighted by molar-refractivity contribution is -0.0124. The molecule has 1 unspecified atom stereocenters. The largest absolute Gasteiger partial charge is 0.375 e. The highest BCUT2D eigenvalue weighted by atomic mass is 16.5. The summed E-state index contributed by atoms with van der Waals surface area (Å²) in [5, 5.41) is 4.28. The monoisotopic (exact) mass is 285 g/mol. The molecule has 0 spiro atoms. The Morgan fingerprint density at radius 2 is 2.19 bits per heavy atom. The number of hydrogen-bond donors (Lipinski definition) is 0. The lowest BCUT2D eigenvalue weighted by Crippen LogP contribution is -2.44. The van der Waals surface area contributed by atoms with Crippen LogP contribution in [0.25, 0.3) is 0 Å². The molecule has 2 heterocycles. The molecule has 0 saturated carbocycles. The zero-order valence-corrected chi connectivity index (χ0v) is 12.1. The topological polar surface area (TPSA) is 47.4 Å². The smallest absolute Gasteiger partial charge is 0.257 e. The fourth-order valence-electron chi connectivity index (χ4n) is 2.52. The summed E-state index contributed by atoms with van der Waals surface area (Å²) in [6, 6.07) is 10.1. The third kappa shape index (κ3) is 3.31. The van der Waals surface area contributed by atoms with Crippen molar-refractivity contribution < 1.29 is 9.53 Å². The summed E-state index contributed by atoms with van der Waals surface area (Å²) in [4.78, 5) is 14.3. The Bertz CT molecular complexity index is 609. The summed E-state index contributed by atoms with van der Waals surface area (Å²) in [7, 11) is 0. The molecule has 1 aromatic heterocycles. The first-order chi connectivity index (χ1) is 10.2. The van der Waals surface area contributed by atoms with Gasteiger partial charge < -0.3 is 9.64 Å². The van der Waals surface area contributed by atoms with E-state index in [-0.39, 0.29) is 12.0 Å². The zero-order chi connectivity index (χ0) is 14.7. The molecule has 1 aliphatic rings. The predicted molar refractivity (Wildman–Crippen MR) is 79.1 cm³/mol. The van der Waals surface area contributed by atoms with Crippen molar-refractivity contribution in [1.82, 2.24) is 14.7 Å². The Hall–Kier alpha value is -2.14. The van der Waals surface area contributed by atoms with Gasteiger partial charge in [0.2, 0.25) is 0 Å². The van der Waals surface area contributed by atoms with Crippen LogP contribution < -0.4 is 0 Å². The highest BCUT2D eigenvalue weighted by Gasteiger charge is 2.23. The molecule has 3 rings (SSSR count). The average Bonchev–Trinajstić information content (AvgIpc) is 2.96. The fraction of sp³-hybridized carbons (Fsp3) is 0.375. The van der Waals surface area contributed by atoms with Gasteiger partial charge in [-0.3, -0.25) is 9.48 Å². The molecule has 5 nitrogen and oxygen atoms in total. The molecular weight excluding hydrogens is 266 g/mol. The van der Waals surface area contributed by atoms with Gasteiger partial charge in [-0.25, -0.2) is 0 Å². The Morgan fingerprint density at radius 3 is 2.95 bits per heavy atom. The molecule has 0 bridgehead atoms. The van der Waals surface area contributed by atoms with E-state index in [9.17, 15) is 4.79 Å². The van der Waals surface area contributed by atoms with E-state index in [0.29, 0.717) is 31.8 Å². The van der Waals surface area contributed by atoms with Gasteiger partial charge >= 0.3 is 0 Å². The highest BCUT2D eigenvalue weighted by Crippen LogP contribution is 2.11. The molecule has 1 saturated heterocycles. The van der Waals surface area contributed by atoms with Gasteiger partial charge in [0, 0.05) is 19.3 Å². The Kier molecular flexibility index (Phi) is 4.01. The van der Waals surface area contributed by atoms with Gasteiger partial charge in [0.05, 0.1) is 31.0 Å². The van der Waals surface area contributed by atoms with Crippen molar-refractivity contribution in [2.24, 2.45) is 0 Å². The number of nitrogens with zero attached hydrogens (tertiary/aromatic N) is 3. The molecule has 0 radical (unpaired) electrons. The van der Waals surface area contributed by atoms with Crippen molar-refractivity contribution in [1.29, 1.82) is 0 Å². The Labute approximate surface area is 124 Å². The van der Waals surface area contributed by atoms with E-state index in [1.165, 1.54) is 5.56 Å². The van der Waals surface area contributed by atoms with Crippen LogP contribution >= 0.6 is 0 Å². The van der Waals surface area contributed by atoms with E-state index < -0.39 is 0 Å². The molecule has 110 valence electrons. The van der Waals surface area contributed by atoms with Crippen molar-refractivity contribution in [3.05, 3.63) is 53.9 Å². The number of carbonyl (C=O) groups excluding carboxylic acids is 1. The van der Waals surface area contributed by atoms with Crippen LogP contribution in [0.1, 0.15) is 22.8 Å². The van der Waals surface area contributed by atoms with E-state index >= 15 is 0 Å². The molecule has 1 fully saturated rings. The maximum Gasteiger partial charge on any atom is 0.257 e. The predicted octanol–water partition coefficient (Wildman–Crippen LogP) is 1.79. The third-order valence-electron chi connectivity index (χ3n) is 3.60. The molecule has 1 amide bonds. The number of hydrogen-bond acceptors (Lipinski definition) is 3.